The van der Waals surface area contributed by atoms with Gasteiger partial charge in [0.05, 0.1) is 4.88 Å². The van der Waals surface area contributed by atoms with Crippen LogP contribution in [0.15, 0.2) is 17.5 Å². The molecule has 1 fully saturated rings. The van der Waals surface area contributed by atoms with E-state index in [4.69, 9.17) is 0 Å². The van der Waals surface area contributed by atoms with Gasteiger partial charge < -0.3 is 4.90 Å². The smallest absolute Gasteiger partial charge is 0.326 e. The largest absolute Gasteiger partial charge is 0.406 e. The van der Waals surface area contributed by atoms with E-state index < -0.39 is 18.6 Å². The lowest BCUT2D eigenvalue weighted by Gasteiger charge is -2.29. The zero-order chi connectivity index (χ0) is 13.3. The molecule has 2 nitrogen and oxygen atoms in total. The van der Waals surface area contributed by atoms with Crippen LogP contribution in [0.4, 0.5) is 13.2 Å². The number of carbonyl (C=O) groups excluding carboxylic acids is 1. The molecule has 1 aromatic rings. The van der Waals surface area contributed by atoms with Gasteiger partial charge in [-0.3, -0.25) is 4.79 Å². The third-order valence-corrected chi connectivity index (χ3v) is 4.00. The molecule has 0 unspecified atom stereocenters. The number of nitrogens with zero attached hydrogens (tertiary/aromatic N) is 1. The zero-order valence-electron chi connectivity index (χ0n) is 9.91. The lowest BCUT2D eigenvalue weighted by Crippen LogP contribution is -2.45. The average Bonchev–Trinajstić information content (AvgIpc) is 2.98. The molecule has 0 saturated heterocycles. The topological polar surface area (TPSA) is 20.3 Å². The molecule has 0 radical (unpaired) electrons. The van der Waals surface area contributed by atoms with Crippen molar-refractivity contribution in [1.29, 1.82) is 0 Å². The van der Waals surface area contributed by atoms with Gasteiger partial charge in [0, 0.05) is 6.04 Å². The van der Waals surface area contributed by atoms with E-state index in [9.17, 15) is 18.0 Å². The molecule has 1 heterocycles. The predicted octanol–water partition coefficient (Wildman–Crippen LogP) is 3.55. The number of hydrogen-bond donors (Lipinski definition) is 0. The molecule has 1 saturated carbocycles. The molecule has 6 heteroatoms. The van der Waals surface area contributed by atoms with Crippen molar-refractivity contribution in [2.75, 3.05) is 6.54 Å². The summed E-state index contributed by atoms with van der Waals surface area (Å²) < 4.78 is 37.7. The Kier molecular flexibility index (Phi) is 3.66. The molecule has 1 aromatic heterocycles. The molecule has 0 aromatic carbocycles. The van der Waals surface area contributed by atoms with E-state index in [2.05, 4.69) is 0 Å². The molecular weight excluding hydrogens is 263 g/mol. The van der Waals surface area contributed by atoms with Crippen LogP contribution in [-0.4, -0.2) is 29.6 Å². The fourth-order valence-corrected chi connectivity index (χ4v) is 2.65. The van der Waals surface area contributed by atoms with Gasteiger partial charge in [0.15, 0.2) is 0 Å². The number of amides is 1. The van der Waals surface area contributed by atoms with E-state index in [1.54, 1.807) is 24.4 Å². The second-order valence-electron chi connectivity index (χ2n) is 4.60. The molecule has 0 spiro atoms. The van der Waals surface area contributed by atoms with E-state index in [0.29, 0.717) is 4.88 Å². The summed E-state index contributed by atoms with van der Waals surface area (Å²) >= 11 is 1.18. The maximum absolute atomic E-state index is 12.6. The normalized spacial score (nSPS) is 17.6. The minimum Gasteiger partial charge on any atom is -0.326 e. The summed E-state index contributed by atoms with van der Waals surface area (Å²) in [7, 11) is 0. The predicted molar refractivity (Wildman–Crippen MR) is 63.6 cm³/mol. The van der Waals surface area contributed by atoms with Crippen molar-refractivity contribution < 1.29 is 18.0 Å². The van der Waals surface area contributed by atoms with Crippen molar-refractivity contribution in [2.24, 2.45) is 5.92 Å². The number of hydrogen-bond acceptors (Lipinski definition) is 2. The highest BCUT2D eigenvalue weighted by Gasteiger charge is 2.40. The first kappa shape index (κ1) is 13.4. The van der Waals surface area contributed by atoms with E-state index in [0.717, 1.165) is 17.7 Å². The number of thiophene rings is 1. The SMILES string of the molecule is C[C@H](C1CC1)N(CC(F)(F)F)C(=O)c1cccs1. The lowest BCUT2D eigenvalue weighted by molar-refractivity contribution is -0.144. The van der Waals surface area contributed by atoms with Crippen molar-refractivity contribution in [2.45, 2.75) is 32.0 Å². The van der Waals surface area contributed by atoms with Gasteiger partial charge in [0.1, 0.15) is 6.54 Å². The first-order valence-corrected chi connectivity index (χ1v) is 6.67. The van der Waals surface area contributed by atoms with Crippen LogP contribution in [0.2, 0.25) is 0 Å². The summed E-state index contributed by atoms with van der Waals surface area (Å²) in [5.41, 5.74) is 0. The molecule has 2 rings (SSSR count). The zero-order valence-corrected chi connectivity index (χ0v) is 10.7. The number of alkyl halides is 3. The molecule has 1 amide bonds. The first-order valence-electron chi connectivity index (χ1n) is 5.80. The minimum atomic E-state index is -4.35. The molecule has 0 N–H and O–H groups in total. The number of carbonyl (C=O) groups is 1. The summed E-state index contributed by atoms with van der Waals surface area (Å²) in [4.78, 5) is 13.4. The van der Waals surface area contributed by atoms with Gasteiger partial charge in [-0.05, 0) is 37.1 Å². The van der Waals surface area contributed by atoms with Crippen LogP contribution < -0.4 is 0 Å². The van der Waals surface area contributed by atoms with Crippen molar-refractivity contribution in [3.63, 3.8) is 0 Å². The number of halogens is 3. The summed E-state index contributed by atoms with van der Waals surface area (Å²) in [5, 5.41) is 1.70. The molecule has 1 aliphatic carbocycles. The van der Waals surface area contributed by atoms with Crippen molar-refractivity contribution in [3.05, 3.63) is 22.4 Å². The highest BCUT2D eigenvalue weighted by Crippen LogP contribution is 2.36. The van der Waals surface area contributed by atoms with Crippen LogP contribution in [-0.2, 0) is 0 Å². The Morgan fingerprint density at radius 3 is 2.67 bits per heavy atom. The Morgan fingerprint density at radius 2 is 2.22 bits per heavy atom. The third-order valence-electron chi connectivity index (χ3n) is 3.14. The Labute approximate surface area is 107 Å². The summed E-state index contributed by atoms with van der Waals surface area (Å²) in [6.07, 6.45) is -2.53. The Morgan fingerprint density at radius 1 is 1.56 bits per heavy atom. The Balaban J connectivity index is 2.15. The van der Waals surface area contributed by atoms with Gasteiger partial charge in [-0.25, -0.2) is 0 Å². The van der Waals surface area contributed by atoms with Gasteiger partial charge in [-0.1, -0.05) is 6.07 Å². The van der Waals surface area contributed by atoms with Gasteiger partial charge in [-0.15, -0.1) is 11.3 Å². The van der Waals surface area contributed by atoms with Crippen molar-refractivity contribution in [3.8, 4) is 0 Å². The molecule has 1 atom stereocenters. The molecular formula is C12H14F3NOS. The van der Waals surface area contributed by atoms with Gasteiger partial charge >= 0.3 is 6.18 Å². The van der Waals surface area contributed by atoms with Crippen LogP contribution in [0.1, 0.15) is 29.4 Å². The maximum atomic E-state index is 12.6. The lowest BCUT2D eigenvalue weighted by atomic mass is 10.1. The number of rotatable bonds is 4. The fourth-order valence-electron chi connectivity index (χ4n) is 1.97. The van der Waals surface area contributed by atoms with Crippen LogP contribution >= 0.6 is 11.3 Å². The van der Waals surface area contributed by atoms with E-state index in [1.807, 2.05) is 0 Å². The highest BCUT2D eigenvalue weighted by molar-refractivity contribution is 7.12. The van der Waals surface area contributed by atoms with Crippen LogP contribution in [0.25, 0.3) is 0 Å². The molecule has 1 aliphatic rings. The van der Waals surface area contributed by atoms with Gasteiger partial charge in [0.2, 0.25) is 0 Å². The fraction of sp³-hybridized carbons (Fsp3) is 0.583. The maximum Gasteiger partial charge on any atom is 0.406 e. The average molecular weight is 277 g/mol. The van der Waals surface area contributed by atoms with E-state index in [1.165, 1.54) is 11.3 Å². The Hall–Kier alpha value is -1.04. The van der Waals surface area contributed by atoms with Gasteiger partial charge in [-0.2, -0.15) is 13.2 Å². The second kappa shape index (κ2) is 4.91. The van der Waals surface area contributed by atoms with Crippen LogP contribution in [0.3, 0.4) is 0 Å². The standard InChI is InChI=1S/C12H14F3NOS/c1-8(9-4-5-9)16(7-12(13,14)15)11(17)10-3-2-6-18-10/h2-3,6,8-9H,4-5,7H2,1H3/t8-/m1/s1. The summed E-state index contributed by atoms with van der Waals surface area (Å²) in [6, 6.07) is 2.89. The first-order chi connectivity index (χ1) is 8.38. The van der Waals surface area contributed by atoms with Crippen LogP contribution in [0.5, 0.6) is 0 Å². The highest BCUT2D eigenvalue weighted by atomic mass is 32.1. The third kappa shape index (κ3) is 3.25. The van der Waals surface area contributed by atoms with E-state index in [-0.39, 0.29) is 12.0 Å². The van der Waals surface area contributed by atoms with Crippen LogP contribution in [0, 0.1) is 5.92 Å². The van der Waals surface area contributed by atoms with Crippen molar-refractivity contribution in [1.82, 2.24) is 4.90 Å². The summed E-state index contributed by atoms with van der Waals surface area (Å²) in [6.45, 7) is 0.538. The quantitative estimate of drug-likeness (QED) is 0.824. The summed E-state index contributed by atoms with van der Waals surface area (Å²) in [5.74, 6) is -0.294. The minimum absolute atomic E-state index is 0.219. The molecule has 0 aliphatic heterocycles. The van der Waals surface area contributed by atoms with Crippen molar-refractivity contribution >= 4 is 17.2 Å². The molecule has 18 heavy (non-hydrogen) atoms. The second-order valence-corrected chi connectivity index (χ2v) is 5.55. The van der Waals surface area contributed by atoms with Gasteiger partial charge in [0.25, 0.3) is 5.91 Å². The molecule has 100 valence electrons. The molecule has 0 bridgehead atoms. The monoisotopic (exact) mass is 277 g/mol. The Bertz CT molecular complexity index is 411. The van der Waals surface area contributed by atoms with E-state index >= 15 is 0 Å².